The van der Waals surface area contributed by atoms with E-state index in [1.54, 1.807) is 18.0 Å². The summed E-state index contributed by atoms with van der Waals surface area (Å²) in [4.78, 5) is 12.4. The first-order valence-electron chi connectivity index (χ1n) is 6.50. The highest BCUT2D eigenvalue weighted by molar-refractivity contribution is 9.10. The number of ether oxygens (including phenoxy) is 1. The average Bonchev–Trinajstić information content (AvgIpc) is 2.66. The Morgan fingerprint density at radius 1 is 1.53 bits per heavy atom. The molecule has 0 aromatic carbocycles. The van der Waals surface area contributed by atoms with Crippen molar-refractivity contribution < 1.29 is 9.53 Å². The first kappa shape index (κ1) is 16.4. The molecule has 0 spiro atoms. The van der Waals surface area contributed by atoms with Gasteiger partial charge in [-0.25, -0.2) is 0 Å². The number of hydrogen-bond acceptors (Lipinski definition) is 3. The molecule has 0 aliphatic carbocycles. The molecular weight excluding hydrogens is 308 g/mol. The molecule has 0 aliphatic rings. The minimum atomic E-state index is 0.125. The molecule has 108 valence electrons. The molecule has 1 heterocycles. The standard InChI is InChI=1S/C14H23BrN2O2/c1-10(14(2,3)4)8-12(18)13-11(15)9-16-17(13)6-7-19-5/h9-10H,6-8H2,1-5H3. The minimum Gasteiger partial charge on any atom is -0.383 e. The molecule has 0 N–H and O–H groups in total. The molecule has 1 atom stereocenters. The minimum absolute atomic E-state index is 0.125. The lowest BCUT2D eigenvalue weighted by molar-refractivity contribution is 0.0912. The van der Waals surface area contributed by atoms with Crippen molar-refractivity contribution in [3.8, 4) is 0 Å². The van der Waals surface area contributed by atoms with Gasteiger partial charge in [-0.05, 0) is 27.3 Å². The molecule has 19 heavy (non-hydrogen) atoms. The Balaban J connectivity index is 2.84. The van der Waals surface area contributed by atoms with Gasteiger partial charge in [0.15, 0.2) is 5.78 Å². The maximum Gasteiger partial charge on any atom is 0.182 e. The molecule has 0 saturated heterocycles. The number of Topliss-reactive ketones (excluding diaryl/α,β-unsaturated/α-hetero) is 1. The molecule has 0 saturated carbocycles. The van der Waals surface area contributed by atoms with Crippen molar-refractivity contribution in [3.05, 3.63) is 16.4 Å². The molecule has 0 radical (unpaired) electrons. The highest BCUT2D eigenvalue weighted by Crippen LogP contribution is 2.30. The van der Waals surface area contributed by atoms with E-state index in [4.69, 9.17) is 4.74 Å². The summed E-state index contributed by atoms with van der Waals surface area (Å²) in [5, 5.41) is 4.21. The predicted molar refractivity (Wildman–Crippen MR) is 79.4 cm³/mol. The number of carbonyl (C=O) groups is 1. The Kier molecular flexibility index (Phi) is 5.74. The van der Waals surface area contributed by atoms with E-state index in [1.807, 2.05) is 0 Å². The van der Waals surface area contributed by atoms with Gasteiger partial charge in [0.2, 0.25) is 0 Å². The number of ketones is 1. The van der Waals surface area contributed by atoms with Gasteiger partial charge < -0.3 is 4.74 Å². The van der Waals surface area contributed by atoms with E-state index in [0.29, 0.717) is 31.2 Å². The quantitative estimate of drug-likeness (QED) is 0.749. The van der Waals surface area contributed by atoms with E-state index in [9.17, 15) is 4.79 Å². The van der Waals surface area contributed by atoms with Crippen molar-refractivity contribution in [1.29, 1.82) is 0 Å². The van der Waals surface area contributed by atoms with Crippen molar-refractivity contribution in [2.75, 3.05) is 13.7 Å². The normalized spacial score (nSPS) is 13.6. The lowest BCUT2D eigenvalue weighted by atomic mass is 9.79. The van der Waals surface area contributed by atoms with E-state index in [1.165, 1.54) is 0 Å². The molecule has 0 fully saturated rings. The van der Waals surface area contributed by atoms with Crippen LogP contribution in [0.3, 0.4) is 0 Å². The predicted octanol–water partition coefficient (Wildman–Crippen LogP) is 3.55. The number of nitrogens with zero attached hydrogens (tertiary/aromatic N) is 2. The number of hydrogen-bond donors (Lipinski definition) is 0. The van der Waals surface area contributed by atoms with Crippen LogP contribution in [0.15, 0.2) is 10.7 Å². The highest BCUT2D eigenvalue weighted by Gasteiger charge is 2.25. The van der Waals surface area contributed by atoms with E-state index in [-0.39, 0.29) is 11.2 Å². The third-order valence-electron chi connectivity index (χ3n) is 3.54. The number of rotatable bonds is 6. The lowest BCUT2D eigenvalue weighted by Crippen LogP contribution is -2.22. The van der Waals surface area contributed by atoms with Crippen molar-refractivity contribution in [2.45, 2.75) is 40.7 Å². The van der Waals surface area contributed by atoms with Gasteiger partial charge in [0.1, 0.15) is 5.69 Å². The Morgan fingerprint density at radius 3 is 2.68 bits per heavy atom. The van der Waals surface area contributed by atoms with Crippen LogP contribution >= 0.6 is 15.9 Å². The van der Waals surface area contributed by atoms with Crippen LogP contribution in [-0.2, 0) is 11.3 Å². The second kappa shape index (κ2) is 6.66. The molecule has 0 aliphatic heterocycles. The van der Waals surface area contributed by atoms with Gasteiger partial charge in [0.05, 0.1) is 23.8 Å². The van der Waals surface area contributed by atoms with Crippen LogP contribution in [0, 0.1) is 11.3 Å². The zero-order valence-electron chi connectivity index (χ0n) is 12.4. The summed E-state index contributed by atoms with van der Waals surface area (Å²) in [6, 6.07) is 0. The first-order valence-corrected chi connectivity index (χ1v) is 7.30. The summed E-state index contributed by atoms with van der Waals surface area (Å²) in [6.07, 6.45) is 2.20. The SMILES string of the molecule is COCCn1ncc(Br)c1C(=O)CC(C)C(C)(C)C. The monoisotopic (exact) mass is 330 g/mol. The van der Waals surface area contributed by atoms with Gasteiger partial charge >= 0.3 is 0 Å². The molecule has 0 amide bonds. The fourth-order valence-corrected chi connectivity index (χ4v) is 2.19. The summed E-state index contributed by atoms with van der Waals surface area (Å²) in [7, 11) is 1.64. The highest BCUT2D eigenvalue weighted by atomic mass is 79.9. The van der Waals surface area contributed by atoms with E-state index < -0.39 is 0 Å². The van der Waals surface area contributed by atoms with Crippen LogP contribution in [0.25, 0.3) is 0 Å². The van der Waals surface area contributed by atoms with Crippen LogP contribution in [0.5, 0.6) is 0 Å². The fourth-order valence-electron chi connectivity index (χ4n) is 1.67. The van der Waals surface area contributed by atoms with Crippen molar-refractivity contribution >= 4 is 21.7 Å². The van der Waals surface area contributed by atoms with Gasteiger partial charge in [-0.2, -0.15) is 5.10 Å². The number of carbonyl (C=O) groups excluding carboxylic acids is 1. The fraction of sp³-hybridized carbons (Fsp3) is 0.714. The maximum absolute atomic E-state index is 12.4. The van der Waals surface area contributed by atoms with Crippen molar-refractivity contribution in [3.63, 3.8) is 0 Å². The molecule has 4 nitrogen and oxygen atoms in total. The van der Waals surface area contributed by atoms with Gasteiger partial charge in [-0.3, -0.25) is 9.48 Å². The van der Waals surface area contributed by atoms with Gasteiger partial charge in [0, 0.05) is 13.5 Å². The number of aromatic nitrogens is 2. The van der Waals surface area contributed by atoms with E-state index in [2.05, 4.69) is 48.7 Å². The topological polar surface area (TPSA) is 44.1 Å². The van der Waals surface area contributed by atoms with Crippen LogP contribution in [0.4, 0.5) is 0 Å². The van der Waals surface area contributed by atoms with Gasteiger partial charge in [0.25, 0.3) is 0 Å². The second-order valence-corrected chi connectivity index (χ2v) is 6.81. The third-order valence-corrected chi connectivity index (χ3v) is 4.12. The van der Waals surface area contributed by atoms with E-state index in [0.717, 1.165) is 4.47 Å². The van der Waals surface area contributed by atoms with E-state index >= 15 is 0 Å². The summed E-state index contributed by atoms with van der Waals surface area (Å²) in [5.74, 6) is 0.445. The Bertz CT molecular complexity index is 435. The summed E-state index contributed by atoms with van der Waals surface area (Å²) < 4.78 is 7.51. The van der Waals surface area contributed by atoms with Crippen LogP contribution in [-0.4, -0.2) is 29.3 Å². The molecule has 1 unspecified atom stereocenters. The molecule has 1 aromatic rings. The van der Waals surface area contributed by atoms with Crippen molar-refractivity contribution in [1.82, 2.24) is 9.78 Å². The lowest BCUT2D eigenvalue weighted by Gasteiger charge is -2.26. The Morgan fingerprint density at radius 2 is 2.16 bits per heavy atom. The number of methoxy groups -OCH3 is 1. The maximum atomic E-state index is 12.4. The molecule has 1 rings (SSSR count). The van der Waals surface area contributed by atoms with Gasteiger partial charge in [-0.15, -0.1) is 0 Å². The Labute approximate surface area is 123 Å². The molecule has 1 aromatic heterocycles. The van der Waals surface area contributed by atoms with Crippen LogP contribution in [0.2, 0.25) is 0 Å². The van der Waals surface area contributed by atoms with Crippen molar-refractivity contribution in [2.24, 2.45) is 11.3 Å². The van der Waals surface area contributed by atoms with Crippen LogP contribution in [0.1, 0.15) is 44.6 Å². The van der Waals surface area contributed by atoms with Gasteiger partial charge in [-0.1, -0.05) is 27.7 Å². The summed E-state index contributed by atoms with van der Waals surface area (Å²) in [5.41, 5.74) is 0.771. The largest absolute Gasteiger partial charge is 0.383 e. The summed E-state index contributed by atoms with van der Waals surface area (Å²) >= 11 is 3.41. The second-order valence-electron chi connectivity index (χ2n) is 5.95. The third kappa shape index (κ3) is 4.42. The molecule has 0 bridgehead atoms. The first-order chi connectivity index (χ1) is 8.77. The molecular formula is C14H23BrN2O2. The zero-order chi connectivity index (χ0) is 14.6. The smallest absolute Gasteiger partial charge is 0.182 e. The summed E-state index contributed by atoms with van der Waals surface area (Å²) in [6.45, 7) is 9.71. The Hall–Kier alpha value is -0.680. The number of halogens is 1. The van der Waals surface area contributed by atoms with Crippen LogP contribution < -0.4 is 0 Å². The average molecular weight is 331 g/mol. The molecule has 5 heteroatoms. The zero-order valence-corrected chi connectivity index (χ0v) is 14.0.